The normalized spacial score (nSPS) is 10.5. The first kappa shape index (κ1) is 28.7. The van der Waals surface area contributed by atoms with Crippen LogP contribution in [0, 0.1) is 0 Å². The third-order valence-corrected chi connectivity index (χ3v) is 6.64. The van der Waals surface area contributed by atoms with Crippen molar-refractivity contribution in [3.8, 4) is 22.6 Å². The highest BCUT2D eigenvalue weighted by Gasteiger charge is 2.17. The Bertz CT molecular complexity index is 1590. The van der Waals surface area contributed by atoms with Gasteiger partial charge in [0, 0.05) is 46.2 Å². The van der Waals surface area contributed by atoms with Crippen LogP contribution >= 0.6 is 11.6 Å². The zero-order valence-electron chi connectivity index (χ0n) is 22.9. The van der Waals surface area contributed by atoms with Crippen molar-refractivity contribution in [2.45, 2.75) is 33.2 Å². The molecule has 40 heavy (non-hydrogen) atoms. The predicted octanol–water partition coefficient (Wildman–Crippen LogP) is 8.96. The molecule has 5 rings (SSSR count). The van der Waals surface area contributed by atoms with Crippen LogP contribution in [0.25, 0.3) is 22.0 Å². The molecule has 0 amide bonds. The maximum atomic E-state index is 12.9. The Labute approximate surface area is 239 Å². The molecule has 0 atom stereocenters. The molecule has 0 fully saturated rings. The first-order valence-corrected chi connectivity index (χ1v) is 13.7. The van der Waals surface area contributed by atoms with E-state index in [-0.39, 0.29) is 18.6 Å². The number of esters is 1. The average molecular weight is 554 g/mol. The summed E-state index contributed by atoms with van der Waals surface area (Å²) in [4.78, 5) is 24.5. The standard InChI is InChI=1S/C32H26ClNO4.C2H6/c1-37-32(36)18-17-30(35)28-21-34(29-16-15-24(33)19-27(28)29)20-22-11-13-23(14-12-22)26-9-5-6-10-31(26)38-25-7-3-2-4-8-25;1-2/h2-16,19,21H,17-18,20H2,1H3;1-2H3. The number of carbonyl (C=O) groups is 2. The average Bonchev–Trinajstić information content (AvgIpc) is 3.35. The summed E-state index contributed by atoms with van der Waals surface area (Å²) < 4.78 is 12.9. The molecule has 0 saturated heterocycles. The minimum Gasteiger partial charge on any atom is -0.469 e. The van der Waals surface area contributed by atoms with E-state index in [2.05, 4.69) is 29.0 Å². The lowest BCUT2D eigenvalue weighted by atomic mass is 10.0. The quantitative estimate of drug-likeness (QED) is 0.135. The SMILES string of the molecule is CC.COC(=O)CCC(=O)c1cn(Cc2ccc(-c3ccccc3Oc3ccccc3)cc2)c2ccc(Cl)cc12. The first-order valence-electron chi connectivity index (χ1n) is 13.3. The van der Waals surface area contributed by atoms with Crippen LogP contribution in [-0.4, -0.2) is 23.4 Å². The molecule has 0 spiro atoms. The zero-order valence-corrected chi connectivity index (χ0v) is 23.7. The molecule has 0 bridgehead atoms. The maximum absolute atomic E-state index is 12.9. The summed E-state index contributed by atoms with van der Waals surface area (Å²) in [6, 6.07) is 31.5. The fourth-order valence-corrected chi connectivity index (χ4v) is 4.64. The summed E-state index contributed by atoms with van der Waals surface area (Å²) in [5, 5.41) is 1.33. The number of nitrogens with zero attached hydrogens (tertiary/aromatic N) is 1. The Kier molecular flexibility index (Phi) is 9.76. The molecule has 0 aliphatic heterocycles. The largest absolute Gasteiger partial charge is 0.469 e. The number of ether oxygens (including phenoxy) is 2. The van der Waals surface area contributed by atoms with E-state index in [9.17, 15) is 9.59 Å². The number of benzene rings is 4. The number of carbonyl (C=O) groups excluding carboxylic acids is 2. The van der Waals surface area contributed by atoms with Gasteiger partial charge >= 0.3 is 5.97 Å². The van der Waals surface area contributed by atoms with Gasteiger partial charge in [0.05, 0.1) is 13.5 Å². The molecule has 1 aromatic heterocycles. The van der Waals surface area contributed by atoms with E-state index in [1.54, 1.807) is 6.07 Å². The topological polar surface area (TPSA) is 57.5 Å². The molecule has 6 heteroatoms. The number of Topliss-reactive ketones (excluding diaryl/α,β-unsaturated/α-hetero) is 1. The number of hydrogen-bond acceptors (Lipinski definition) is 4. The lowest BCUT2D eigenvalue weighted by Gasteiger charge is -2.12. The Hall–Kier alpha value is -4.35. The summed E-state index contributed by atoms with van der Waals surface area (Å²) in [7, 11) is 1.32. The summed E-state index contributed by atoms with van der Waals surface area (Å²) in [5.74, 6) is 1.05. The van der Waals surface area contributed by atoms with Gasteiger partial charge in [0.25, 0.3) is 0 Å². The van der Waals surface area contributed by atoms with E-state index in [4.69, 9.17) is 16.3 Å². The number of hydrogen-bond donors (Lipinski definition) is 0. The number of fused-ring (bicyclic) bond motifs is 1. The number of rotatable bonds is 9. The highest BCUT2D eigenvalue weighted by atomic mass is 35.5. The second-order valence-electron chi connectivity index (χ2n) is 8.94. The van der Waals surface area contributed by atoms with Crippen LogP contribution < -0.4 is 4.74 Å². The van der Waals surface area contributed by atoms with Crippen molar-refractivity contribution < 1.29 is 19.1 Å². The first-order chi connectivity index (χ1) is 19.5. The van der Waals surface area contributed by atoms with E-state index in [0.29, 0.717) is 17.1 Å². The summed E-state index contributed by atoms with van der Waals surface area (Å²) in [6.07, 6.45) is 1.97. The third-order valence-electron chi connectivity index (χ3n) is 6.40. The molecular formula is C34H32ClNO4. The summed E-state index contributed by atoms with van der Waals surface area (Å²) in [6.45, 7) is 4.57. The van der Waals surface area contributed by atoms with Crippen molar-refractivity contribution in [3.63, 3.8) is 0 Å². The van der Waals surface area contributed by atoms with Crippen molar-refractivity contribution in [2.24, 2.45) is 0 Å². The van der Waals surface area contributed by atoms with E-state index in [0.717, 1.165) is 39.1 Å². The van der Waals surface area contributed by atoms with E-state index in [1.807, 2.05) is 91.3 Å². The Balaban J connectivity index is 0.00000181. The van der Waals surface area contributed by atoms with Crippen molar-refractivity contribution in [1.82, 2.24) is 4.57 Å². The maximum Gasteiger partial charge on any atom is 0.305 e. The predicted molar refractivity (Wildman–Crippen MR) is 161 cm³/mol. The van der Waals surface area contributed by atoms with E-state index in [1.165, 1.54) is 7.11 Å². The lowest BCUT2D eigenvalue weighted by molar-refractivity contribution is -0.140. The Morgan fingerprint density at radius 3 is 2.25 bits per heavy atom. The van der Waals surface area contributed by atoms with Gasteiger partial charge in [0.2, 0.25) is 0 Å². The number of ketones is 1. The van der Waals surface area contributed by atoms with Crippen LogP contribution in [0.3, 0.4) is 0 Å². The monoisotopic (exact) mass is 553 g/mol. The molecule has 204 valence electrons. The molecule has 0 radical (unpaired) electrons. The van der Waals surface area contributed by atoms with Crippen LogP contribution in [0.15, 0.2) is 103 Å². The molecule has 1 heterocycles. The van der Waals surface area contributed by atoms with Gasteiger partial charge in [0.1, 0.15) is 11.5 Å². The highest BCUT2D eigenvalue weighted by molar-refractivity contribution is 6.31. The van der Waals surface area contributed by atoms with Crippen molar-refractivity contribution >= 4 is 34.3 Å². The minimum atomic E-state index is -0.407. The van der Waals surface area contributed by atoms with Crippen LogP contribution in [-0.2, 0) is 16.1 Å². The van der Waals surface area contributed by atoms with E-state index >= 15 is 0 Å². The van der Waals surface area contributed by atoms with Gasteiger partial charge in [-0.2, -0.15) is 0 Å². The number of halogens is 1. The minimum absolute atomic E-state index is 0.0412. The second kappa shape index (κ2) is 13.6. The molecule has 5 aromatic rings. The van der Waals surface area contributed by atoms with Gasteiger partial charge in [-0.3, -0.25) is 9.59 Å². The zero-order chi connectivity index (χ0) is 28.5. The van der Waals surface area contributed by atoms with Gasteiger partial charge in [-0.1, -0.05) is 86.1 Å². The van der Waals surface area contributed by atoms with Gasteiger partial charge in [0.15, 0.2) is 5.78 Å². The van der Waals surface area contributed by atoms with Crippen molar-refractivity contribution in [1.29, 1.82) is 0 Å². The molecule has 0 N–H and O–H groups in total. The molecular weight excluding hydrogens is 522 g/mol. The fourth-order valence-electron chi connectivity index (χ4n) is 4.47. The molecule has 0 aliphatic rings. The summed E-state index contributed by atoms with van der Waals surface area (Å²) in [5.41, 5.74) is 4.58. The number of aromatic nitrogens is 1. The molecule has 0 aliphatic carbocycles. The Morgan fingerprint density at radius 2 is 1.52 bits per heavy atom. The third kappa shape index (κ3) is 6.80. The smallest absolute Gasteiger partial charge is 0.305 e. The highest BCUT2D eigenvalue weighted by Crippen LogP contribution is 2.34. The van der Waals surface area contributed by atoms with Crippen LogP contribution in [0.1, 0.15) is 42.6 Å². The lowest BCUT2D eigenvalue weighted by Crippen LogP contribution is -2.06. The Morgan fingerprint density at radius 1 is 0.825 bits per heavy atom. The van der Waals surface area contributed by atoms with Crippen LogP contribution in [0.5, 0.6) is 11.5 Å². The van der Waals surface area contributed by atoms with Crippen LogP contribution in [0.4, 0.5) is 0 Å². The fraction of sp³-hybridized carbons (Fsp3) is 0.176. The van der Waals surface area contributed by atoms with Gasteiger partial charge in [-0.15, -0.1) is 0 Å². The van der Waals surface area contributed by atoms with Gasteiger partial charge in [-0.25, -0.2) is 0 Å². The molecule has 5 nitrogen and oxygen atoms in total. The molecule has 4 aromatic carbocycles. The van der Waals surface area contributed by atoms with Crippen molar-refractivity contribution in [3.05, 3.63) is 119 Å². The van der Waals surface area contributed by atoms with Gasteiger partial charge < -0.3 is 14.0 Å². The summed E-state index contributed by atoms with van der Waals surface area (Å²) >= 11 is 6.25. The van der Waals surface area contributed by atoms with Gasteiger partial charge in [-0.05, 0) is 47.5 Å². The van der Waals surface area contributed by atoms with E-state index < -0.39 is 5.97 Å². The second-order valence-corrected chi connectivity index (χ2v) is 9.38. The molecule has 0 saturated carbocycles. The van der Waals surface area contributed by atoms with Crippen LogP contribution in [0.2, 0.25) is 5.02 Å². The number of para-hydroxylation sites is 2. The number of methoxy groups -OCH3 is 1. The van der Waals surface area contributed by atoms with Crippen molar-refractivity contribution in [2.75, 3.05) is 7.11 Å². The molecule has 0 unspecified atom stereocenters.